The Bertz CT molecular complexity index is 1170. The minimum Gasteiger partial charge on any atom is -0.487 e. The van der Waals surface area contributed by atoms with Gasteiger partial charge in [0.25, 0.3) is 5.91 Å². The molecule has 0 unspecified atom stereocenters. The lowest BCUT2D eigenvalue weighted by Crippen LogP contribution is -2.20. The number of benzene rings is 2. The molecule has 9 nitrogen and oxygen atoms in total. The van der Waals surface area contributed by atoms with E-state index in [1.54, 1.807) is 6.07 Å². The van der Waals surface area contributed by atoms with Crippen molar-refractivity contribution in [1.29, 1.82) is 0 Å². The van der Waals surface area contributed by atoms with E-state index in [4.69, 9.17) is 4.74 Å². The third-order valence-electron chi connectivity index (χ3n) is 5.17. The van der Waals surface area contributed by atoms with Crippen LogP contribution in [0.15, 0.2) is 53.6 Å². The predicted octanol–water partition coefficient (Wildman–Crippen LogP) is 3.82. The number of hydrogen-bond acceptors (Lipinski definition) is 6. The Morgan fingerprint density at radius 1 is 1.28 bits per heavy atom. The average Bonchev–Trinajstić information content (AvgIpc) is 3.41. The summed E-state index contributed by atoms with van der Waals surface area (Å²) in [5.74, 6) is -0.202. The van der Waals surface area contributed by atoms with Crippen LogP contribution in [0, 0.1) is 10.1 Å². The van der Waals surface area contributed by atoms with Gasteiger partial charge in [0.15, 0.2) is 11.4 Å². The number of nitrogens with one attached hydrogen (secondary N) is 1. The summed E-state index contributed by atoms with van der Waals surface area (Å²) in [6, 6.07) is 14.2. The van der Waals surface area contributed by atoms with E-state index < -0.39 is 10.8 Å². The van der Waals surface area contributed by atoms with Crippen molar-refractivity contribution in [2.45, 2.75) is 32.6 Å². The van der Waals surface area contributed by atoms with Crippen LogP contribution < -0.4 is 10.2 Å². The lowest BCUT2D eigenvalue weighted by atomic mass is 10.2. The first-order valence-corrected chi connectivity index (χ1v) is 10.5. The van der Waals surface area contributed by atoms with Crippen molar-refractivity contribution in [1.82, 2.24) is 15.2 Å². The summed E-state index contributed by atoms with van der Waals surface area (Å²) in [6.07, 6.45) is 4.74. The number of nitro benzene ring substituents is 1. The second kappa shape index (κ2) is 9.42. The zero-order valence-electron chi connectivity index (χ0n) is 17.7. The summed E-state index contributed by atoms with van der Waals surface area (Å²) in [4.78, 5) is 23.6. The maximum atomic E-state index is 12.8. The van der Waals surface area contributed by atoms with Crippen LogP contribution in [-0.2, 0) is 12.8 Å². The van der Waals surface area contributed by atoms with Crippen molar-refractivity contribution >= 4 is 17.8 Å². The fourth-order valence-electron chi connectivity index (χ4n) is 3.71. The number of rotatable bonds is 8. The van der Waals surface area contributed by atoms with Crippen molar-refractivity contribution in [2.75, 3.05) is 6.61 Å². The second-order valence-corrected chi connectivity index (χ2v) is 7.41. The number of hydrogen-bond donors (Lipinski definition) is 1. The summed E-state index contributed by atoms with van der Waals surface area (Å²) in [5, 5.41) is 19.8. The van der Waals surface area contributed by atoms with Gasteiger partial charge in [-0.1, -0.05) is 25.1 Å². The minimum absolute atomic E-state index is 0.145. The largest absolute Gasteiger partial charge is 0.487 e. The Morgan fingerprint density at radius 3 is 2.84 bits per heavy atom. The molecule has 9 heteroatoms. The number of fused-ring (bicyclic) bond motifs is 1. The van der Waals surface area contributed by atoms with Gasteiger partial charge >= 0.3 is 5.69 Å². The monoisotopic (exact) mass is 433 g/mol. The number of nitro groups is 1. The van der Waals surface area contributed by atoms with Crippen LogP contribution in [0.2, 0.25) is 0 Å². The van der Waals surface area contributed by atoms with Gasteiger partial charge in [-0.05, 0) is 49.9 Å². The Kier molecular flexibility index (Phi) is 6.25. The molecule has 0 saturated carbocycles. The van der Waals surface area contributed by atoms with Crippen LogP contribution in [-0.4, -0.2) is 33.4 Å². The van der Waals surface area contributed by atoms with E-state index in [1.165, 1.54) is 18.3 Å². The normalized spacial score (nSPS) is 12.7. The molecular formula is C23H23N5O4. The highest BCUT2D eigenvalue weighted by atomic mass is 16.6. The first-order valence-electron chi connectivity index (χ1n) is 10.5. The fraction of sp³-hybridized carbons (Fsp3) is 0.261. The van der Waals surface area contributed by atoms with E-state index >= 15 is 0 Å². The number of carbonyl (C=O) groups excluding carboxylic acids is 1. The first kappa shape index (κ1) is 21.2. The molecule has 0 radical (unpaired) electrons. The highest BCUT2D eigenvalue weighted by Crippen LogP contribution is 2.28. The van der Waals surface area contributed by atoms with Gasteiger partial charge in [-0.25, -0.2) is 10.1 Å². The highest BCUT2D eigenvalue weighted by Gasteiger charge is 2.26. The molecule has 1 N–H and O–H groups in total. The fourth-order valence-corrected chi connectivity index (χ4v) is 3.71. The van der Waals surface area contributed by atoms with Crippen LogP contribution in [0.4, 0.5) is 5.69 Å². The number of amides is 1. The number of aromatic nitrogens is 2. The Balaban J connectivity index is 1.51. The maximum absolute atomic E-state index is 12.8. The van der Waals surface area contributed by atoms with Gasteiger partial charge in [-0.2, -0.15) is 10.2 Å². The zero-order chi connectivity index (χ0) is 22.5. The standard InChI is InChI=1S/C23H23N5O4/c1-2-13-32-21-12-11-16(14-20(21)28(30)31)15-24-25-23(29)22-18-9-6-10-19(18)27(26-22)17-7-4-3-5-8-17/h3-5,7-8,11-12,14-15H,2,6,9-10,13H2,1H3,(H,25,29)/b24-15+. The molecule has 0 atom stereocenters. The van der Waals surface area contributed by atoms with Crippen LogP contribution in [0.25, 0.3) is 5.69 Å². The van der Waals surface area contributed by atoms with Crippen molar-refractivity contribution in [3.8, 4) is 11.4 Å². The molecule has 32 heavy (non-hydrogen) atoms. The van der Waals surface area contributed by atoms with E-state index in [9.17, 15) is 14.9 Å². The number of ether oxygens (including phenoxy) is 1. The van der Waals surface area contributed by atoms with E-state index in [0.29, 0.717) is 17.9 Å². The third-order valence-corrected chi connectivity index (χ3v) is 5.17. The van der Waals surface area contributed by atoms with Gasteiger partial charge in [0.2, 0.25) is 0 Å². The molecule has 4 rings (SSSR count). The summed E-state index contributed by atoms with van der Waals surface area (Å²) in [5.41, 5.74) is 6.07. The number of nitrogens with zero attached hydrogens (tertiary/aromatic N) is 4. The van der Waals surface area contributed by atoms with E-state index in [0.717, 1.165) is 42.6 Å². The molecule has 1 amide bonds. The van der Waals surface area contributed by atoms with Gasteiger partial charge in [0.05, 0.1) is 23.4 Å². The highest BCUT2D eigenvalue weighted by molar-refractivity contribution is 5.95. The lowest BCUT2D eigenvalue weighted by Gasteiger charge is -2.05. The van der Waals surface area contributed by atoms with Gasteiger partial charge in [0.1, 0.15) is 0 Å². The molecule has 0 aliphatic heterocycles. The van der Waals surface area contributed by atoms with Gasteiger partial charge < -0.3 is 4.74 Å². The molecular weight excluding hydrogens is 410 g/mol. The maximum Gasteiger partial charge on any atom is 0.311 e. The van der Waals surface area contributed by atoms with E-state index in [1.807, 2.05) is 41.9 Å². The topological polar surface area (TPSA) is 112 Å². The van der Waals surface area contributed by atoms with Crippen molar-refractivity contribution in [3.05, 3.63) is 81.2 Å². The number of hydrazone groups is 1. The van der Waals surface area contributed by atoms with Crippen molar-refractivity contribution in [2.24, 2.45) is 5.10 Å². The Morgan fingerprint density at radius 2 is 2.09 bits per heavy atom. The summed E-state index contributed by atoms with van der Waals surface area (Å²) in [7, 11) is 0. The van der Waals surface area contributed by atoms with Gasteiger partial charge in [0, 0.05) is 22.9 Å². The second-order valence-electron chi connectivity index (χ2n) is 7.41. The molecule has 2 aromatic carbocycles. The van der Waals surface area contributed by atoms with E-state index in [-0.39, 0.29) is 11.4 Å². The summed E-state index contributed by atoms with van der Waals surface area (Å²) >= 11 is 0. The molecule has 0 saturated heterocycles. The lowest BCUT2D eigenvalue weighted by molar-refractivity contribution is -0.385. The van der Waals surface area contributed by atoms with Crippen LogP contribution in [0.1, 0.15) is 47.1 Å². The molecule has 1 aliphatic carbocycles. The molecule has 164 valence electrons. The van der Waals surface area contributed by atoms with Crippen molar-refractivity contribution < 1.29 is 14.5 Å². The zero-order valence-corrected chi connectivity index (χ0v) is 17.7. The molecule has 0 fully saturated rings. The van der Waals surface area contributed by atoms with Crippen molar-refractivity contribution in [3.63, 3.8) is 0 Å². The molecule has 3 aromatic rings. The molecule has 1 aromatic heterocycles. The number of para-hydroxylation sites is 1. The smallest absolute Gasteiger partial charge is 0.311 e. The van der Waals surface area contributed by atoms with Crippen LogP contribution in [0.5, 0.6) is 5.75 Å². The van der Waals surface area contributed by atoms with Gasteiger partial charge in [-0.15, -0.1) is 0 Å². The average molecular weight is 433 g/mol. The Hall–Kier alpha value is -4.01. The molecule has 0 bridgehead atoms. The van der Waals surface area contributed by atoms with E-state index in [2.05, 4.69) is 15.6 Å². The molecule has 1 heterocycles. The van der Waals surface area contributed by atoms with Gasteiger partial charge in [-0.3, -0.25) is 14.9 Å². The molecule has 1 aliphatic rings. The summed E-state index contributed by atoms with van der Waals surface area (Å²) < 4.78 is 7.24. The third kappa shape index (κ3) is 4.36. The SMILES string of the molecule is CCCOc1ccc(/C=N/NC(=O)c2nn(-c3ccccc3)c3c2CCC3)cc1[N+](=O)[O-]. The van der Waals surface area contributed by atoms with Crippen LogP contribution >= 0.6 is 0 Å². The van der Waals surface area contributed by atoms with Crippen LogP contribution in [0.3, 0.4) is 0 Å². The summed E-state index contributed by atoms with van der Waals surface area (Å²) in [6.45, 7) is 2.32. The quantitative estimate of drug-likeness (QED) is 0.330. The predicted molar refractivity (Wildman–Crippen MR) is 120 cm³/mol. The number of carbonyl (C=O) groups is 1. The molecule has 0 spiro atoms. The first-order chi connectivity index (χ1) is 15.6. The minimum atomic E-state index is -0.500. The Labute approximate surface area is 184 Å².